The molecule has 3 fully saturated rings. The average molecular weight is 471 g/mol. The van der Waals surface area contributed by atoms with E-state index in [4.69, 9.17) is 28.4 Å². The minimum atomic E-state index is -0.795. The zero-order valence-electron chi connectivity index (χ0n) is 19.5. The number of ether oxygens (including phenoxy) is 6. The van der Waals surface area contributed by atoms with Gasteiger partial charge >= 0.3 is 17.9 Å². The van der Waals surface area contributed by atoms with Gasteiger partial charge in [-0.3, -0.25) is 14.4 Å². The molecule has 188 valence electrons. The second kappa shape index (κ2) is 14.5. The first-order valence-electron chi connectivity index (χ1n) is 12.4. The lowest BCUT2D eigenvalue weighted by atomic mass is 10.1. The second-order valence-electron chi connectivity index (χ2n) is 9.08. The summed E-state index contributed by atoms with van der Waals surface area (Å²) < 4.78 is 31.5. The van der Waals surface area contributed by atoms with Crippen LogP contribution in [-0.4, -0.2) is 75.4 Å². The summed E-state index contributed by atoms with van der Waals surface area (Å²) in [6.07, 6.45) is 8.92. The molecular formula is C24H38O9. The molecule has 0 bridgehead atoms. The highest BCUT2D eigenvalue weighted by molar-refractivity contribution is 5.71. The largest absolute Gasteiger partial charge is 0.462 e. The van der Waals surface area contributed by atoms with E-state index in [1.807, 2.05) is 0 Å². The van der Waals surface area contributed by atoms with Crippen LogP contribution in [0.25, 0.3) is 0 Å². The minimum absolute atomic E-state index is 0.113. The number of hydrogen-bond acceptors (Lipinski definition) is 9. The fraction of sp³-hybridized carbons (Fsp3) is 0.875. The third-order valence-electron chi connectivity index (χ3n) is 5.84. The Balaban J connectivity index is 1.29. The van der Waals surface area contributed by atoms with Gasteiger partial charge in [-0.25, -0.2) is 0 Å². The smallest absolute Gasteiger partial charge is 0.306 e. The van der Waals surface area contributed by atoms with Gasteiger partial charge in [0, 0.05) is 19.3 Å². The van der Waals surface area contributed by atoms with Crippen molar-refractivity contribution in [3.63, 3.8) is 0 Å². The van der Waals surface area contributed by atoms with E-state index >= 15 is 0 Å². The van der Waals surface area contributed by atoms with E-state index in [0.717, 1.165) is 71.2 Å². The maximum Gasteiger partial charge on any atom is 0.306 e. The molecule has 3 heterocycles. The Labute approximate surface area is 195 Å². The first-order valence-corrected chi connectivity index (χ1v) is 12.4. The fourth-order valence-electron chi connectivity index (χ4n) is 3.51. The standard InChI is InChI=1S/C24H38O9/c25-22(10-4-1-7-18-13-28-18)31-16-21(33-24(27)12-6-3-9-20-15-30-20)17-32-23(26)11-5-2-8-19-14-29-19/h18-21H,1-17H2. The van der Waals surface area contributed by atoms with Crippen molar-refractivity contribution in [2.24, 2.45) is 0 Å². The van der Waals surface area contributed by atoms with Gasteiger partial charge in [-0.1, -0.05) is 19.3 Å². The van der Waals surface area contributed by atoms with Crippen LogP contribution in [0.15, 0.2) is 0 Å². The SMILES string of the molecule is O=C(CCCCC1CO1)OCC(COC(=O)CCCCC1CO1)OC(=O)CCCCC1CO1. The third kappa shape index (κ3) is 13.6. The summed E-state index contributed by atoms with van der Waals surface area (Å²) in [5, 5.41) is 0. The highest BCUT2D eigenvalue weighted by Gasteiger charge is 2.24. The normalized spacial score (nSPS) is 23.5. The maximum atomic E-state index is 12.2. The monoisotopic (exact) mass is 470 g/mol. The van der Waals surface area contributed by atoms with Crippen molar-refractivity contribution in [3.8, 4) is 0 Å². The zero-order valence-corrected chi connectivity index (χ0v) is 19.5. The molecule has 0 aromatic carbocycles. The molecule has 3 aliphatic heterocycles. The van der Waals surface area contributed by atoms with Crippen LogP contribution in [0.4, 0.5) is 0 Å². The van der Waals surface area contributed by atoms with Crippen LogP contribution in [0, 0.1) is 0 Å². The highest BCUT2D eigenvalue weighted by Crippen LogP contribution is 2.19. The van der Waals surface area contributed by atoms with E-state index in [1.165, 1.54) is 0 Å². The summed E-state index contributed by atoms with van der Waals surface area (Å²) in [7, 11) is 0. The molecule has 3 rings (SSSR count). The molecule has 0 radical (unpaired) electrons. The maximum absolute atomic E-state index is 12.2. The van der Waals surface area contributed by atoms with Gasteiger partial charge in [0.15, 0.2) is 6.10 Å². The van der Waals surface area contributed by atoms with Crippen molar-refractivity contribution < 1.29 is 42.8 Å². The summed E-state index contributed by atoms with van der Waals surface area (Å²) >= 11 is 0. The average Bonchev–Trinajstić information content (AvgIpc) is 3.63. The number of rotatable bonds is 20. The Morgan fingerprint density at radius 1 is 0.606 bits per heavy atom. The number of carbonyl (C=O) groups is 3. The van der Waals surface area contributed by atoms with Crippen LogP contribution < -0.4 is 0 Å². The van der Waals surface area contributed by atoms with Gasteiger partial charge in [0.1, 0.15) is 13.2 Å². The van der Waals surface area contributed by atoms with Crippen LogP contribution in [0.3, 0.4) is 0 Å². The molecule has 0 N–H and O–H groups in total. The lowest BCUT2D eigenvalue weighted by molar-refractivity contribution is -0.167. The Bertz CT molecular complexity index is 575. The number of epoxide rings is 3. The van der Waals surface area contributed by atoms with Gasteiger partial charge < -0.3 is 28.4 Å². The van der Waals surface area contributed by atoms with Crippen molar-refractivity contribution in [3.05, 3.63) is 0 Å². The molecule has 0 aromatic heterocycles. The van der Waals surface area contributed by atoms with Crippen molar-refractivity contribution in [1.82, 2.24) is 0 Å². The summed E-state index contributed by atoms with van der Waals surface area (Å²) in [5.41, 5.74) is 0. The van der Waals surface area contributed by atoms with Crippen molar-refractivity contribution in [2.75, 3.05) is 33.0 Å². The zero-order chi connectivity index (χ0) is 23.3. The van der Waals surface area contributed by atoms with E-state index in [2.05, 4.69) is 0 Å². The van der Waals surface area contributed by atoms with Gasteiger partial charge in [0.2, 0.25) is 0 Å². The van der Waals surface area contributed by atoms with Crippen LogP contribution in [0.2, 0.25) is 0 Å². The Kier molecular flexibility index (Phi) is 11.4. The van der Waals surface area contributed by atoms with E-state index in [9.17, 15) is 14.4 Å². The first kappa shape index (κ1) is 25.9. The topological polar surface area (TPSA) is 116 Å². The predicted octanol–water partition coefficient (Wildman–Crippen LogP) is 2.86. The Morgan fingerprint density at radius 2 is 0.970 bits per heavy atom. The molecule has 9 heteroatoms. The molecule has 0 amide bonds. The molecule has 3 atom stereocenters. The number of unbranched alkanes of at least 4 members (excludes halogenated alkanes) is 3. The number of esters is 3. The van der Waals surface area contributed by atoms with Gasteiger partial charge in [-0.05, 0) is 38.5 Å². The minimum Gasteiger partial charge on any atom is -0.462 e. The van der Waals surface area contributed by atoms with Gasteiger partial charge in [-0.2, -0.15) is 0 Å². The molecule has 3 aliphatic rings. The molecule has 0 spiro atoms. The molecule has 3 saturated heterocycles. The first-order chi connectivity index (χ1) is 16.1. The van der Waals surface area contributed by atoms with Crippen LogP contribution >= 0.6 is 0 Å². The number of hydrogen-bond donors (Lipinski definition) is 0. The van der Waals surface area contributed by atoms with Crippen molar-refractivity contribution >= 4 is 17.9 Å². The van der Waals surface area contributed by atoms with Gasteiger partial charge in [0.05, 0.1) is 38.1 Å². The molecule has 0 aromatic rings. The van der Waals surface area contributed by atoms with Gasteiger partial charge in [0.25, 0.3) is 0 Å². The van der Waals surface area contributed by atoms with Crippen LogP contribution in [0.1, 0.15) is 77.0 Å². The molecule has 0 aliphatic carbocycles. The molecule has 3 unspecified atom stereocenters. The lowest BCUT2D eigenvalue weighted by Gasteiger charge is -2.18. The van der Waals surface area contributed by atoms with E-state index in [0.29, 0.717) is 37.6 Å². The second-order valence-corrected chi connectivity index (χ2v) is 9.08. The summed E-state index contributed by atoms with van der Waals surface area (Å²) in [6, 6.07) is 0. The summed E-state index contributed by atoms with van der Waals surface area (Å²) in [4.78, 5) is 36.3. The third-order valence-corrected chi connectivity index (χ3v) is 5.84. The van der Waals surface area contributed by atoms with Gasteiger partial charge in [-0.15, -0.1) is 0 Å². The van der Waals surface area contributed by atoms with E-state index in [-0.39, 0.29) is 37.5 Å². The highest BCUT2D eigenvalue weighted by atomic mass is 16.6. The summed E-state index contributed by atoms with van der Waals surface area (Å²) in [5.74, 6) is -1.06. The van der Waals surface area contributed by atoms with Crippen molar-refractivity contribution in [2.45, 2.75) is 101 Å². The van der Waals surface area contributed by atoms with Crippen LogP contribution in [-0.2, 0) is 42.8 Å². The molecular weight excluding hydrogens is 432 g/mol. The Hall–Kier alpha value is -1.71. The molecule has 0 saturated carbocycles. The molecule has 9 nitrogen and oxygen atoms in total. The lowest BCUT2D eigenvalue weighted by Crippen LogP contribution is -2.30. The fourth-order valence-corrected chi connectivity index (χ4v) is 3.51. The predicted molar refractivity (Wildman–Crippen MR) is 116 cm³/mol. The summed E-state index contributed by atoms with van der Waals surface area (Å²) in [6.45, 7) is 2.22. The van der Waals surface area contributed by atoms with Crippen LogP contribution in [0.5, 0.6) is 0 Å². The van der Waals surface area contributed by atoms with E-state index in [1.54, 1.807) is 0 Å². The number of carbonyl (C=O) groups excluding carboxylic acids is 3. The molecule has 33 heavy (non-hydrogen) atoms. The van der Waals surface area contributed by atoms with Crippen molar-refractivity contribution in [1.29, 1.82) is 0 Å². The Morgan fingerprint density at radius 3 is 1.33 bits per heavy atom. The van der Waals surface area contributed by atoms with E-state index < -0.39 is 6.10 Å². The quantitative estimate of drug-likeness (QED) is 0.115.